The van der Waals surface area contributed by atoms with Crippen LogP contribution in [0.4, 0.5) is 11.4 Å². The van der Waals surface area contributed by atoms with Gasteiger partial charge < -0.3 is 10.1 Å². The van der Waals surface area contributed by atoms with Crippen molar-refractivity contribution in [3.63, 3.8) is 0 Å². The summed E-state index contributed by atoms with van der Waals surface area (Å²) in [6.45, 7) is 7.37. The monoisotopic (exact) mass is 287 g/mol. The van der Waals surface area contributed by atoms with Crippen molar-refractivity contribution in [3.05, 3.63) is 85.0 Å². The Hall–Kier alpha value is -3.00. The summed E-state index contributed by atoms with van der Waals surface area (Å²) < 4.78 is 6.04. The summed E-state index contributed by atoms with van der Waals surface area (Å²) in [5.74, 6) is 1.65. The predicted octanol–water partition coefficient (Wildman–Crippen LogP) is 5.93. The first-order chi connectivity index (χ1) is 10.8. The summed E-state index contributed by atoms with van der Waals surface area (Å²) in [7, 11) is 0. The average molecular weight is 287 g/mol. The Labute approximate surface area is 130 Å². The summed E-state index contributed by atoms with van der Waals surface area (Å²) in [6, 6.07) is 12.1. The highest BCUT2D eigenvalue weighted by atomic mass is 16.5. The van der Waals surface area contributed by atoms with E-state index in [9.17, 15) is 0 Å². The summed E-state index contributed by atoms with van der Waals surface area (Å²) in [5.41, 5.74) is 4.09. The van der Waals surface area contributed by atoms with E-state index in [0.29, 0.717) is 0 Å². The first kappa shape index (κ1) is 14.0. The fourth-order valence-electron chi connectivity index (χ4n) is 2.28. The van der Waals surface area contributed by atoms with Gasteiger partial charge in [0.2, 0.25) is 0 Å². The average Bonchev–Trinajstić information content (AvgIpc) is 2.56. The van der Waals surface area contributed by atoms with Crippen molar-refractivity contribution in [3.8, 4) is 11.5 Å². The van der Waals surface area contributed by atoms with Crippen molar-refractivity contribution in [1.82, 2.24) is 0 Å². The fourth-order valence-corrected chi connectivity index (χ4v) is 2.28. The second-order valence-electron chi connectivity index (χ2n) is 4.93. The van der Waals surface area contributed by atoms with E-state index in [-0.39, 0.29) is 0 Å². The molecule has 2 heteroatoms. The van der Waals surface area contributed by atoms with Crippen LogP contribution in [0.5, 0.6) is 11.5 Å². The zero-order valence-electron chi connectivity index (χ0n) is 12.3. The molecule has 0 saturated carbocycles. The number of fused-ring (bicyclic) bond motifs is 2. The van der Waals surface area contributed by atoms with Gasteiger partial charge in [-0.15, -0.1) is 0 Å². The van der Waals surface area contributed by atoms with Crippen molar-refractivity contribution in [2.45, 2.75) is 0 Å². The van der Waals surface area contributed by atoms with Crippen LogP contribution in [0.2, 0.25) is 0 Å². The Bertz CT molecular complexity index is 719. The lowest BCUT2D eigenvalue weighted by atomic mass is 10.1. The number of hydrogen-bond donors (Lipinski definition) is 1. The third kappa shape index (κ3) is 2.86. The lowest BCUT2D eigenvalue weighted by Crippen LogP contribution is -2.03. The van der Waals surface area contributed by atoms with Crippen LogP contribution >= 0.6 is 0 Å². The van der Waals surface area contributed by atoms with E-state index < -0.39 is 0 Å². The molecule has 2 aromatic rings. The number of nitrogens with one attached hydrogen (secondary N) is 1. The van der Waals surface area contributed by atoms with E-state index in [1.54, 1.807) is 12.2 Å². The van der Waals surface area contributed by atoms with Gasteiger partial charge in [-0.3, -0.25) is 0 Å². The molecule has 0 radical (unpaired) electrons. The van der Waals surface area contributed by atoms with Crippen molar-refractivity contribution in [2.75, 3.05) is 5.32 Å². The minimum Gasteiger partial charge on any atom is -0.453 e. The van der Waals surface area contributed by atoms with Gasteiger partial charge in [0.25, 0.3) is 0 Å². The molecule has 1 N–H and O–H groups in total. The first-order valence-corrected chi connectivity index (χ1v) is 7.11. The second-order valence-corrected chi connectivity index (χ2v) is 4.93. The molecule has 0 bridgehead atoms. The van der Waals surface area contributed by atoms with Crippen LogP contribution in [0.15, 0.2) is 73.9 Å². The molecule has 1 aliphatic heterocycles. The quantitative estimate of drug-likeness (QED) is 0.600. The molecule has 2 aromatic carbocycles. The molecular weight excluding hydrogens is 270 g/mol. The zero-order valence-corrected chi connectivity index (χ0v) is 12.3. The van der Waals surface area contributed by atoms with Crippen molar-refractivity contribution < 1.29 is 4.74 Å². The molecule has 22 heavy (non-hydrogen) atoms. The van der Waals surface area contributed by atoms with Gasteiger partial charge in [0.15, 0.2) is 11.5 Å². The van der Waals surface area contributed by atoms with Crippen molar-refractivity contribution in [1.29, 1.82) is 0 Å². The van der Waals surface area contributed by atoms with Gasteiger partial charge in [-0.2, -0.15) is 0 Å². The molecule has 108 valence electrons. The largest absolute Gasteiger partial charge is 0.453 e. The highest BCUT2D eigenvalue weighted by Crippen LogP contribution is 2.42. The molecular formula is C20H17NO. The van der Waals surface area contributed by atoms with Crippen LogP contribution in [-0.4, -0.2) is 0 Å². The number of ether oxygens (including phenoxy) is 1. The van der Waals surface area contributed by atoms with Gasteiger partial charge in [-0.25, -0.2) is 0 Å². The third-order valence-electron chi connectivity index (χ3n) is 3.35. The number of benzene rings is 2. The smallest absolute Gasteiger partial charge is 0.151 e. The van der Waals surface area contributed by atoms with E-state index in [1.165, 1.54) is 0 Å². The maximum Gasteiger partial charge on any atom is 0.151 e. The molecule has 0 aliphatic carbocycles. The van der Waals surface area contributed by atoms with E-state index in [1.807, 2.05) is 60.7 Å². The van der Waals surface area contributed by atoms with Crippen molar-refractivity contribution >= 4 is 23.5 Å². The van der Waals surface area contributed by atoms with Gasteiger partial charge in [0.1, 0.15) is 0 Å². The Morgan fingerprint density at radius 3 is 1.73 bits per heavy atom. The lowest BCUT2D eigenvalue weighted by Gasteiger charge is -2.22. The van der Waals surface area contributed by atoms with Crippen LogP contribution in [-0.2, 0) is 0 Å². The zero-order chi connectivity index (χ0) is 15.4. The summed E-state index contributed by atoms with van der Waals surface area (Å²) >= 11 is 0. The Kier molecular flexibility index (Phi) is 3.92. The molecule has 0 fully saturated rings. The molecule has 3 rings (SSSR count). The molecule has 0 unspecified atom stereocenters. The Balaban J connectivity index is 1.92. The molecule has 0 spiro atoms. The van der Waals surface area contributed by atoms with E-state index in [2.05, 4.69) is 18.5 Å². The molecule has 0 saturated heterocycles. The summed E-state index contributed by atoms with van der Waals surface area (Å²) in [4.78, 5) is 0. The maximum atomic E-state index is 6.04. The Morgan fingerprint density at radius 2 is 1.27 bits per heavy atom. The van der Waals surface area contributed by atoms with Crippen LogP contribution in [0.1, 0.15) is 11.1 Å². The third-order valence-corrected chi connectivity index (χ3v) is 3.35. The number of allylic oxidation sites excluding steroid dienone is 4. The highest BCUT2D eigenvalue weighted by molar-refractivity contribution is 5.78. The van der Waals surface area contributed by atoms with Crippen LogP contribution < -0.4 is 10.1 Å². The number of anilines is 2. The van der Waals surface area contributed by atoms with Gasteiger partial charge in [-0.1, -0.05) is 61.7 Å². The van der Waals surface area contributed by atoms with Gasteiger partial charge in [-0.05, 0) is 35.4 Å². The van der Waals surface area contributed by atoms with Gasteiger partial charge in [0.05, 0.1) is 11.4 Å². The molecule has 1 aliphatic rings. The SMILES string of the molecule is C=C/C=C/c1ccc2c(c1)Oc1cc(/C=C/C=C)ccc1N2. The van der Waals surface area contributed by atoms with Gasteiger partial charge >= 0.3 is 0 Å². The molecule has 0 amide bonds. The van der Waals surface area contributed by atoms with Crippen LogP contribution in [0, 0.1) is 0 Å². The van der Waals surface area contributed by atoms with E-state index in [4.69, 9.17) is 4.74 Å². The number of hydrogen-bond acceptors (Lipinski definition) is 2. The molecule has 1 heterocycles. The minimum atomic E-state index is 0.823. The maximum absolute atomic E-state index is 6.04. The standard InChI is InChI=1S/C20H17NO/c1-3-5-7-15-9-11-17-19(13-15)22-20-14-16(8-6-4-2)10-12-18(20)21-17/h3-14,21H,1-2H2/b7-5+,8-6+. The van der Waals surface area contributed by atoms with E-state index >= 15 is 0 Å². The minimum absolute atomic E-state index is 0.823. The second kappa shape index (κ2) is 6.19. The fraction of sp³-hybridized carbons (Fsp3) is 0. The molecule has 0 atom stereocenters. The first-order valence-electron chi connectivity index (χ1n) is 7.11. The molecule has 2 nitrogen and oxygen atoms in total. The summed E-state index contributed by atoms with van der Waals surface area (Å²) in [6.07, 6.45) is 11.3. The van der Waals surface area contributed by atoms with Crippen LogP contribution in [0.25, 0.3) is 12.2 Å². The number of rotatable bonds is 4. The highest BCUT2D eigenvalue weighted by Gasteiger charge is 2.16. The Morgan fingerprint density at radius 1 is 0.773 bits per heavy atom. The van der Waals surface area contributed by atoms with E-state index in [0.717, 1.165) is 34.0 Å². The van der Waals surface area contributed by atoms with Crippen LogP contribution in [0.3, 0.4) is 0 Å². The topological polar surface area (TPSA) is 21.3 Å². The summed E-state index contributed by atoms with van der Waals surface area (Å²) in [5, 5.41) is 3.39. The molecule has 0 aromatic heterocycles. The van der Waals surface area contributed by atoms with Gasteiger partial charge in [0, 0.05) is 0 Å². The predicted molar refractivity (Wildman–Crippen MR) is 94.7 cm³/mol. The van der Waals surface area contributed by atoms with Crippen molar-refractivity contribution in [2.24, 2.45) is 0 Å². The normalized spacial score (nSPS) is 12.4. The lowest BCUT2D eigenvalue weighted by molar-refractivity contribution is 0.481.